The number of carbonyl (C=O) groups is 2. The number of rotatable bonds is 3. The largest absolute Gasteiger partial charge is 0.464 e. The van der Waals surface area contributed by atoms with E-state index in [2.05, 4.69) is 33.9 Å². The molecule has 128 valence electrons. The van der Waals surface area contributed by atoms with Crippen LogP contribution in [0.5, 0.6) is 0 Å². The molecule has 1 fully saturated rings. The van der Waals surface area contributed by atoms with Crippen molar-refractivity contribution in [1.82, 2.24) is 15.3 Å². The van der Waals surface area contributed by atoms with Crippen LogP contribution in [0.1, 0.15) is 60.5 Å². The highest BCUT2D eigenvalue weighted by Gasteiger charge is 2.28. The van der Waals surface area contributed by atoms with Gasteiger partial charge in [0.1, 0.15) is 11.4 Å². The average Bonchev–Trinajstić information content (AvgIpc) is 2.99. The molecule has 0 saturated heterocycles. The van der Waals surface area contributed by atoms with E-state index in [1.54, 1.807) is 18.3 Å². The van der Waals surface area contributed by atoms with Crippen LogP contribution in [-0.2, 0) is 4.74 Å². The van der Waals surface area contributed by atoms with Crippen molar-refractivity contribution in [2.75, 3.05) is 7.11 Å². The Morgan fingerprint density at radius 2 is 2.00 bits per heavy atom. The Labute approximate surface area is 141 Å². The third-order valence-electron chi connectivity index (χ3n) is 4.82. The number of fused-ring (bicyclic) bond motifs is 1. The molecule has 0 aromatic carbocycles. The molecule has 2 aromatic rings. The number of ether oxygens (including phenoxy) is 1. The lowest BCUT2D eigenvalue weighted by Crippen LogP contribution is -2.39. The van der Waals surface area contributed by atoms with Crippen LogP contribution in [0.2, 0.25) is 0 Å². The van der Waals surface area contributed by atoms with Gasteiger partial charge in [0, 0.05) is 11.4 Å². The Morgan fingerprint density at radius 3 is 2.67 bits per heavy atom. The number of H-pyrrole nitrogens is 1. The zero-order chi connectivity index (χ0) is 17.3. The van der Waals surface area contributed by atoms with Gasteiger partial charge in [-0.15, -0.1) is 0 Å². The number of aromatic nitrogens is 2. The molecule has 1 amide bonds. The Hall–Kier alpha value is -2.37. The van der Waals surface area contributed by atoms with E-state index < -0.39 is 5.97 Å². The Bertz CT molecular complexity index is 769. The fraction of sp³-hybridized carbons (Fsp3) is 0.500. The predicted molar refractivity (Wildman–Crippen MR) is 90.9 cm³/mol. The third-order valence-corrected chi connectivity index (χ3v) is 4.82. The summed E-state index contributed by atoms with van der Waals surface area (Å²) >= 11 is 0. The molecule has 2 heterocycles. The fourth-order valence-corrected chi connectivity index (χ4v) is 3.18. The highest BCUT2D eigenvalue weighted by atomic mass is 16.5. The van der Waals surface area contributed by atoms with Crippen LogP contribution in [-0.4, -0.2) is 35.0 Å². The summed E-state index contributed by atoms with van der Waals surface area (Å²) in [6, 6.07) is 3.59. The van der Waals surface area contributed by atoms with Crippen LogP contribution in [0, 0.1) is 5.41 Å². The minimum atomic E-state index is -0.492. The normalized spacial score (nSPS) is 17.6. The van der Waals surface area contributed by atoms with Gasteiger partial charge in [-0.25, -0.2) is 9.78 Å². The number of nitrogens with zero attached hydrogens (tertiary/aromatic N) is 1. The number of nitrogens with one attached hydrogen (secondary N) is 2. The van der Waals surface area contributed by atoms with E-state index in [9.17, 15) is 9.59 Å². The molecule has 1 aliphatic carbocycles. The highest BCUT2D eigenvalue weighted by Crippen LogP contribution is 2.35. The standard InChI is InChI=1S/C18H23N3O3/c1-18(2)6-4-12(5-7-18)20-16(22)13-8-11-9-14(17(23)24-3)19-10-15(11)21-13/h8-10,12,21H,4-7H2,1-3H3,(H,20,22). The number of amides is 1. The lowest BCUT2D eigenvalue weighted by Gasteiger charge is -2.34. The maximum absolute atomic E-state index is 12.5. The van der Waals surface area contributed by atoms with Crippen LogP contribution in [0.3, 0.4) is 0 Å². The Morgan fingerprint density at radius 1 is 1.29 bits per heavy atom. The first kappa shape index (κ1) is 16.5. The highest BCUT2D eigenvalue weighted by molar-refractivity contribution is 5.99. The summed E-state index contributed by atoms with van der Waals surface area (Å²) in [5, 5.41) is 3.86. The van der Waals surface area contributed by atoms with Crippen molar-refractivity contribution in [3.05, 3.63) is 29.7 Å². The molecular weight excluding hydrogens is 306 g/mol. The average molecular weight is 329 g/mol. The van der Waals surface area contributed by atoms with E-state index in [1.807, 2.05) is 0 Å². The van der Waals surface area contributed by atoms with Crippen molar-refractivity contribution < 1.29 is 14.3 Å². The van der Waals surface area contributed by atoms with Gasteiger partial charge in [0.25, 0.3) is 5.91 Å². The number of hydrogen-bond donors (Lipinski definition) is 2. The second kappa shape index (κ2) is 6.26. The Balaban J connectivity index is 1.72. The first-order valence-corrected chi connectivity index (χ1v) is 8.26. The van der Waals surface area contributed by atoms with Gasteiger partial charge in [0.2, 0.25) is 0 Å². The molecule has 6 nitrogen and oxygen atoms in total. The van der Waals surface area contributed by atoms with Crippen LogP contribution in [0.15, 0.2) is 18.3 Å². The van der Waals surface area contributed by atoms with Crippen molar-refractivity contribution in [3.63, 3.8) is 0 Å². The second-order valence-electron chi connectivity index (χ2n) is 7.24. The maximum Gasteiger partial charge on any atom is 0.356 e. The van der Waals surface area contributed by atoms with Crippen molar-refractivity contribution >= 4 is 22.8 Å². The maximum atomic E-state index is 12.5. The van der Waals surface area contributed by atoms with Crippen molar-refractivity contribution in [1.29, 1.82) is 0 Å². The van der Waals surface area contributed by atoms with Crippen molar-refractivity contribution in [2.24, 2.45) is 5.41 Å². The minimum Gasteiger partial charge on any atom is -0.464 e. The molecule has 2 N–H and O–H groups in total. The van der Waals surface area contributed by atoms with E-state index in [0.29, 0.717) is 11.1 Å². The molecule has 0 bridgehead atoms. The molecule has 24 heavy (non-hydrogen) atoms. The van der Waals surface area contributed by atoms with Crippen LogP contribution in [0.25, 0.3) is 10.9 Å². The molecule has 0 radical (unpaired) electrons. The number of methoxy groups -OCH3 is 1. The number of esters is 1. The van der Waals surface area contributed by atoms with Crippen molar-refractivity contribution in [3.8, 4) is 0 Å². The van der Waals surface area contributed by atoms with Crippen molar-refractivity contribution in [2.45, 2.75) is 45.6 Å². The van der Waals surface area contributed by atoms with E-state index in [4.69, 9.17) is 0 Å². The number of pyridine rings is 1. The number of carbonyl (C=O) groups excluding carboxylic acids is 2. The second-order valence-corrected chi connectivity index (χ2v) is 7.24. The van der Waals surface area contributed by atoms with Crippen LogP contribution in [0.4, 0.5) is 0 Å². The molecule has 0 atom stereocenters. The molecule has 6 heteroatoms. The fourth-order valence-electron chi connectivity index (χ4n) is 3.18. The summed E-state index contributed by atoms with van der Waals surface area (Å²) in [4.78, 5) is 31.1. The minimum absolute atomic E-state index is 0.115. The number of hydrogen-bond acceptors (Lipinski definition) is 4. The van der Waals surface area contributed by atoms with Gasteiger partial charge < -0.3 is 15.0 Å². The molecule has 2 aromatic heterocycles. The predicted octanol–water partition coefficient (Wildman–Crippen LogP) is 3.05. The summed E-state index contributed by atoms with van der Waals surface area (Å²) in [7, 11) is 1.32. The molecular formula is C18H23N3O3. The summed E-state index contributed by atoms with van der Waals surface area (Å²) < 4.78 is 4.67. The van der Waals surface area contributed by atoms with E-state index in [-0.39, 0.29) is 17.6 Å². The van der Waals surface area contributed by atoms with E-state index in [1.165, 1.54) is 7.11 Å². The summed E-state index contributed by atoms with van der Waals surface area (Å²) in [5.41, 5.74) is 1.81. The molecule has 0 aliphatic heterocycles. The van der Waals surface area contributed by atoms with Crippen LogP contribution < -0.4 is 5.32 Å². The molecule has 1 aliphatic rings. The van der Waals surface area contributed by atoms with E-state index in [0.717, 1.165) is 36.6 Å². The molecule has 1 saturated carbocycles. The van der Waals surface area contributed by atoms with Gasteiger partial charge in [-0.2, -0.15) is 0 Å². The topological polar surface area (TPSA) is 84.1 Å². The zero-order valence-electron chi connectivity index (χ0n) is 14.3. The van der Waals surface area contributed by atoms with E-state index >= 15 is 0 Å². The summed E-state index contributed by atoms with van der Waals surface area (Å²) in [6.07, 6.45) is 5.80. The third kappa shape index (κ3) is 3.42. The lowest BCUT2D eigenvalue weighted by molar-refractivity contribution is 0.0594. The first-order valence-electron chi connectivity index (χ1n) is 8.26. The lowest BCUT2D eigenvalue weighted by atomic mass is 9.75. The van der Waals surface area contributed by atoms with Gasteiger partial charge in [0.15, 0.2) is 0 Å². The number of aromatic amines is 1. The molecule has 0 unspecified atom stereocenters. The smallest absolute Gasteiger partial charge is 0.356 e. The summed E-state index contributed by atoms with van der Waals surface area (Å²) in [5.74, 6) is -0.607. The van der Waals surface area contributed by atoms with Gasteiger partial charge in [-0.1, -0.05) is 13.8 Å². The quantitative estimate of drug-likeness (QED) is 0.848. The first-order chi connectivity index (χ1) is 11.4. The van der Waals surface area contributed by atoms with Gasteiger partial charge in [-0.05, 0) is 43.2 Å². The van der Waals surface area contributed by atoms with Gasteiger partial charge >= 0.3 is 5.97 Å². The SMILES string of the molecule is COC(=O)c1cc2cc(C(=O)NC3CCC(C)(C)CC3)[nH]c2cn1. The zero-order valence-corrected chi connectivity index (χ0v) is 14.3. The summed E-state index contributed by atoms with van der Waals surface area (Å²) in [6.45, 7) is 4.54. The molecule has 0 spiro atoms. The van der Waals surface area contributed by atoms with Gasteiger partial charge in [0.05, 0.1) is 18.8 Å². The van der Waals surface area contributed by atoms with Crippen LogP contribution >= 0.6 is 0 Å². The Kier molecular flexibility index (Phi) is 4.30. The monoisotopic (exact) mass is 329 g/mol. The van der Waals surface area contributed by atoms with Gasteiger partial charge in [-0.3, -0.25) is 4.79 Å². The molecule has 3 rings (SSSR count).